The van der Waals surface area contributed by atoms with Crippen molar-refractivity contribution in [2.45, 2.75) is 38.8 Å². The van der Waals surface area contributed by atoms with E-state index in [1.54, 1.807) is 13.2 Å². The summed E-state index contributed by atoms with van der Waals surface area (Å²) in [6, 6.07) is 10.1. The van der Waals surface area contributed by atoms with Crippen molar-refractivity contribution in [2.24, 2.45) is 4.99 Å². The Morgan fingerprint density at radius 2 is 2.07 bits per heavy atom. The second-order valence-electron chi connectivity index (χ2n) is 6.64. The van der Waals surface area contributed by atoms with Gasteiger partial charge in [-0.1, -0.05) is 12.1 Å². The Labute approximate surface area is 160 Å². The number of nitrogens with one attached hydrogen (secondary N) is 2. The summed E-state index contributed by atoms with van der Waals surface area (Å²) in [6.07, 6.45) is 7.48. The first-order chi connectivity index (χ1) is 13.3. The van der Waals surface area contributed by atoms with Gasteiger partial charge in [0.25, 0.3) is 0 Å². The average molecular weight is 368 g/mol. The van der Waals surface area contributed by atoms with E-state index < -0.39 is 0 Å². The van der Waals surface area contributed by atoms with Crippen molar-refractivity contribution in [3.8, 4) is 0 Å². The van der Waals surface area contributed by atoms with E-state index in [0.29, 0.717) is 13.0 Å². The average Bonchev–Trinajstić information content (AvgIpc) is 3.22. The summed E-state index contributed by atoms with van der Waals surface area (Å²) in [7, 11) is 1.77. The van der Waals surface area contributed by atoms with E-state index in [0.717, 1.165) is 56.1 Å². The van der Waals surface area contributed by atoms with Gasteiger partial charge in [0.15, 0.2) is 5.96 Å². The lowest BCUT2D eigenvalue weighted by atomic mass is 10.1. The minimum atomic E-state index is 0.229. The normalized spacial score (nSPS) is 15.1. The Morgan fingerprint density at radius 3 is 2.78 bits per heavy atom. The molecule has 0 atom stereocenters. The van der Waals surface area contributed by atoms with Crippen molar-refractivity contribution in [1.82, 2.24) is 20.4 Å². The number of hydrogen-bond acceptors (Lipinski definition) is 3. The van der Waals surface area contributed by atoms with Crippen LogP contribution in [0.3, 0.4) is 0 Å². The molecule has 1 aliphatic heterocycles. The van der Waals surface area contributed by atoms with E-state index in [4.69, 9.17) is 0 Å². The number of carbonyl (C=O) groups is 1. The lowest BCUT2D eigenvalue weighted by Crippen LogP contribution is -2.37. The number of piperidine rings is 1. The predicted molar refractivity (Wildman–Crippen MR) is 108 cm³/mol. The monoisotopic (exact) mass is 368 g/mol. The number of aromatic nitrogens is 2. The first kappa shape index (κ1) is 18.9. The fourth-order valence-corrected chi connectivity index (χ4v) is 3.16. The third-order valence-electron chi connectivity index (χ3n) is 4.67. The highest BCUT2D eigenvalue weighted by molar-refractivity contribution is 5.93. The van der Waals surface area contributed by atoms with E-state index in [2.05, 4.69) is 32.9 Å². The smallest absolute Gasteiger partial charge is 0.226 e. The molecule has 0 unspecified atom stereocenters. The molecule has 1 saturated heterocycles. The quantitative estimate of drug-likeness (QED) is 0.446. The summed E-state index contributed by atoms with van der Waals surface area (Å²) in [5.74, 6) is 1.01. The summed E-state index contributed by atoms with van der Waals surface area (Å²) < 4.78 is 1.92. The molecule has 1 aromatic heterocycles. The number of rotatable bonds is 7. The van der Waals surface area contributed by atoms with Crippen LogP contribution in [0.1, 0.15) is 31.2 Å². The van der Waals surface area contributed by atoms with Crippen LogP contribution in [-0.4, -0.2) is 41.8 Å². The molecule has 1 amide bonds. The van der Waals surface area contributed by atoms with E-state index in [-0.39, 0.29) is 5.91 Å². The Kier molecular flexibility index (Phi) is 6.84. The molecular formula is C20H28N6O. The van der Waals surface area contributed by atoms with Crippen LogP contribution in [0.15, 0.2) is 47.7 Å². The molecule has 2 heterocycles. The molecule has 3 rings (SSSR count). The molecule has 7 nitrogen and oxygen atoms in total. The molecule has 0 radical (unpaired) electrons. The van der Waals surface area contributed by atoms with Gasteiger partial charge in [0, 0.05) is 57.7 Å². The number of amides is 1. The lowest BCUT2D eigenvalue weighted by Gasteiger charge is -2.26. The predicted octanol–water partition coefficient (Wildman–Crippen LogP) is 2.16. The van der Waals surface area contributed by atoms with E-state index >= 15 is 0 Å². The van der Waals surface area contributed by atoms with Crippen molar-refractivity contribution in [3.05, 3.63) is 48.3 Å². The first-order valence-electron chi connectivity index (χ1n) is 9.57. The summed E-state index contributed by atoms with van der Waals surface area (Å²) in [6.45, 7) is 3.22. The van der Waals surface area contributed by atoms with Crippen LogP contribution in [0.5, 0.6) is 0 Å². The Bertz CT molecular complexity index is 738. The van der Waals surface area contributed by atoms with Crippen molar-refractivity contribution in [3.63, 3.8) is 0 Å². The zero-order valence-corrected chi connectivity index (χ0v) is 15.9. The maximum Gasteiger partial charge on any atom is 0.226 e. The molecule has 0 saturated carbocycles. The number of anilines is 1. The zero-order valence-electron chi connectivity index (χ0n) is 15.9. The van der Waals surface area contributed by atoms with Crippen molar-refractivity contribution >= 4 is 17.6 Å². The van der Waals surface area contributed by atoms with Crippen molar-refractivity contribution < 1.29 is 4.79 Å². The highest BCUT2D eigenvalue weighted by Gasteiger charge is 2.19. The molecule has 2 N–H and O–H groups in total. The highest BCUT2D eigenvalue weighted by Crippen LogP contribution is 2.21. The van der Waals surface area contributed by atoms with Crippen LogP contribution in [0.25, 0.3) is 0 Å². The standard InChI is InChI=1S/C20H28N6O/c1-21-20(22-11-4-13-25-14-5-12-24-25)23-16-17-7-9-18(10-8-17)26-15-3-2-6-19(26)27/h5,7-10,12,14H,2-4,6,11,13,15-16H2,1H3,(H2,21,22,23). The van der Waals surface area contributed by atoms with Crippen LogP contribution in [-0.2, 0) is 17.9 Å². The van der Waals surface area contributed by atoms with Gasteiger partial charge in [-0.2, -0.15) is 5.10 Å². The Balaban J connectivity index is 1.42. The molecule has 144 valence electrons. The molecule has 1 fully saturated rings. The van der Waals surface area contributed by atoms with Gasteiger partial charge in [-0.05, 0) is 43.0 Å². The van der Waals surface area contributed by atoms with E-state index in [1.807, 2.05) is 34.0 Å². The summed E-state index contributed by atoms with van der Waals surface area (Å²) in [5, 5.41) is 10.8. The Hall–Kier alpha value is -2.83. The maximum absolute atomic E-state index is 12.0. The van der Waals surface area contributed by atoms with Gasteiger partial charge in [0.1, 0.15) is 0 Å². The van der Waals surface area contributed by atoms with Crippen LogP contribution in [0, 0.1) is 0 Å². The zero-order chi connectivity index (χ0) is 18.9. The Morgan fingerprint density at radius 1 is 1.22 bits per heavy atom. The molecule has 2 aromatic rings. The highest BCUT2D eigenvalue weighted by atomic mass is 16.2. The van der Waals surface area contributed by atoms with Gasteiger partial charge in [-0.25, -0.2) is 0 Å². The van der Waals surface area contributed by atoms with Gasteiger partial charge >= 0.3 is 0 Å². The van der Waals surface area contributed by atoms with Crippen LogP contribution >= 0.6 is 0 Å². The minimum Gasteiger partial charge on any atom is -0.356 e. The molecule has 1 aromatic carbocycles. The van der Waals surface area contributed by atoms with Crippen molar-refractivity contribution in [2.75, 3.05) is 25.0 Å². The van der Waals surface area contributed by atoms with Gasteiger partial charge in [0.2, 0.25) is 5.91 Å². The van der Waals surface area contributed by atoms with Gasteiger partial charge in [-0.3, -0.25) is 14.5 Å². The third-order valence-corrected chi connectivity index (χ3v) is 4.67. The van der Waals surface area contributed by atoms with Gasteiger partial charge in [0.05, 0.1) is 0 Å². The largest absolute Gasteiger partial charge is 0.356 e. The van der Waals surface area contributed by atoms with Crippen LogP contribution < -0.4 is 15.5 Å². The molecule has 0 aliphatic carbocycles. The molecule has 0 bridgehead atoms. The fourth-order valence-electron chi connectivity index (χ4n) is 3.16. The van der Waals surface area contributed by atoms with Crippen LogP contribution in [0.4, 0.5) is 5.69 Å². The second kappa shape index (κ2) is 9.75. The molecule has 0 spiro atoms. The van der Waals surface area contributed by atoms with Gasteiger partial charge in [-0.15, -0.1) is 0 Å². The summed E-state index contributed by atoms with van der Waals surface area (Å²) >= 11 is 0. The van der Waals surface area contributed by atoms with Gasteiger partial charge < -0.3 is 15.5 Å². The minimum absolute atomic E-state index is 0.229. The third kappa shape index (κ3) is 5.57. The number of guanidine groups is 1. The summed E-state index contributed by atoms with van der Waals surface area (Å²) in [4.78, 5) is 18.2. The number of benzene rings is 1. The molecule has 27 heavy (non-hydrogen) atoms. The lowest BCUT2D eigenvalue weighted by molar-refractivity contribution is -0.119. The molecular weight excluding hydrogens is 340 g/mol. The fraction of sp³-hybridized carbons (Fsp3) is 0.450. The second-order valence-corrected chi connectivity index (χ2v) is 6.64. The summed E-state index contributed by atoms with van der Waals surface area (Å²) in [5.41, 5.74) is 2.15. The molecule has 7 heteroatoms. The maximum atomic E-state index is 12.0. The topological polar surface area (TPSA) is 74.6 Å². The first-order valence-corrected chi connectivity index (χ1v) is 9.57. The number of hydrogen-bond donors (Lipinski definition) is 2. The number of aliphatic imine (C=N–C) groups is 1. The number of aryl methyl sites for hydroxylation is 1. The van der Waals surface area contributed by atoms with Crippen LogP contribution in [0.2, 0.25) is 0 Å². The van der Waals surface area contributed by atoms with E-state index in [9.17, 15) is 4.79 Å². The van der Waals surface area contributed by atoms with E-state index in [1.165, 1.54) is 0 Å². The van der Waals surface area contributed by atoms with Crippen molar-refractivity contribution in [1.29, 1.82) is 0 Å². The molecule has 1 aliphatic rings. The number of carbonyl (C=O) groups excluding carboxylic acids is 1. The SMILES string of the molecule is CN=C(NCCCn1cccn1)NCc1ccc(N2CCCCC2=O)cc1. The number of nitrogens with zero attached hydrogens (tertiary/aromatic N) is 4.